The fraction of sp³-hybridized carbons (Fsp3) is 0.190. The third-order valence-electron chi connectivity index (χ3n) is 4.69. The summed E-state index contributed by atoms with van der Waals surface area (Å²) in [4.78, 5) is 46.4. The lowest BCUT2D eigenvalue weighted by Crippen LogP contribution is -2.37. The topological polar surface area (TPSA) is 138 Å². The molecule has 0 unspecified atom stereocenters. The number of benzene rings is 1. The maximum atomic E-state index is 12.4. The van der Waals surface area contributed by atoms with Crippen LogP contribution in [-0.2, 0) is 16.0 Å². The summed E-state index contributed by atoms with van der Waals surface area (Å²) in [6.45, 7) is 3.70. The Labute approximate surface area is 176 Å². The Kier molecular flexibility index (Phi) is 5.35. The highest BCUT2D eigenvalue weighted by Gasteiger charge is 2.18. The van der Waals surface area contributed by atoms with Crippen LogP contribution in [0.15, 0.2) is 47.4 Å². The molecule has 0 spiro atoms. The number of aryl methyl sites for hydroxylation is 2. The van der Waals surface area contributed by atoms with Gasteiger partial charge in [-0.25, -0.2) is 4.98 Å². The Morgan fingerprint density at radius 1 is 1.10 bits per heavy atom. The van der Waals surface area contributed by atoms with E-state index in [-0.39, 0.29) is 17.3 Å². The number of H-pyrrole nitrogens is 2. The molecular formula is C21H21N7O3. The molecule has 0 bridgehead atoms. The van der Waals surface area contributed by atoms with Gasteiger partial charge < -0.3 is 15.6 Å². The molecule has 2 amide bonds. The van der Waals surface area contributed by atoms with Crippen LogP contribution in [0.4, 0.5) is 5.82 Å². The monoisotopic (exact) mass is 419 g/mol. The first-order chi connectivity index (χ1) is 14.9. The second-order valence-electron chi connectivity index (χ2n) is 7.11. The molecule has 4 N–H and O–H groups in total. The number of hydrogen-bond donors (Lipinski definition) is 4. The molecule has 10 heteroatoms. The van der Waals surface area contributed by atoms with Crippen molar-refractivity contribution in [3.63, 3.8) is 0 Å². The lowest BCUT2D eigenvalue weighted by molar-refractivity contribution is -0.136. The molecule has 0 aliphatic rings. The van der Waals surface area contributed by atoms with Crippen LogP contribution in [0.1, 0.15) is 17.0 Å². The molecule has 3 heterocycles. The molecule has 10 nitrogen and oxygen atoms in total. The van der Waals surface area contributed by atoms with Gasteiger partial charge in [-0.15, -0.1) is 0 Å². The number of carbonyl (C=O) groups is 2. The summed E-state index contributed by atoms with van der Waals surface area (Å²) >= 11 is 0. The fourth-order valence-corrected chi connectivity index (χ4v) is 3.32. The minimum atomic E-state index is -0.838. The molecular weight excluding hydrogens is 398 g/mol. The average molecular weight is 419 g/mol. The third-order valence-corrected chi connectivity index (χ3v) is 4.69. The number of carbonyl (C=O) groups excluding carboxylic acids is 2. The molecule has 4 rings (SSSR count). The van der Waals surface area contributed by atoms with Gasteiger partial charge >= 0.3 is 11.8 Å². The van der Waals surface area contributed by atoms with E-state index in [9.17, 15) is 14.4 Å². The van der Waals surface area contributed by atoms with Gasteiger partial charge in [0.15, 0.2) is 0 Å². The minimum Gasteiger partial charge on any atom is -0.361 e. The summed E-state index contributed by atoms with van der Waals surface area (Å²) in [6.07, 6.45) is 2.47. The van der Waals surface area contributed by atoms with Crippen LogP contribution < -0.4 is 16.2 Å². The molecule has 0 fully saturated rings. The summed E-state index contributed by atoms with van der Waals surface area (Å²) < 4.78 is 1.28. The van der Waals surface area contributed by atoms with Crippen molar-refractivity contribution < 1.29 is 9.59 Å². The van der Waals surface area contributed by atoms with E-state index in [4.69, 9.17) is 0 Å². The number of aromatic nitrogens is 5. The fourth-order valence-electron chi connectivity index (χ4n) is 3.32. The quantitative estimate of drug-likeness (QED) is 0.362. The van der Waals surface area contributed by atoms with E-state index in [2.05, 4.69) is 30.7 Å². The molecule has 0 radical (unpaired) electrons. The van der Waals surface area contributed by atoms with Crippen molar-refractivity contribution in [2.45, 2.75) is 20.3 Å². The number of para-hydroxylation sites is 1. The second kappa shape index (κ2) is 8.27. The van der Waals surface area contributed by atoms with Crippen molar-refractivity contribution in [2.75, 3.05) is 11.9 Å². The van der Waals surface area contributed by atoms with Gasteiger partial charge in [0.1, 0.15) is 5.82 Å². The van der Waals surface area contributed by atoms with Crippen LogP contribution >= 0.6 is 0 Å². The van der Waals surface area contributed by atoms with Gasteiger partial charge in [-0.2, -0.15) is 9.78 Å². The van der Waals surface area contributed by atoms with E-state index in [0.717, 1.165) is 16.5 Å². The Bertz CT molecular complexity index is 1330. The number of aromatic amines is 2. The maximum Gasteiger partial charge on any atom is 0.314 e. The summed E-state index contributed by atoms with van der Waals surface area (Å²) in [5.41, 5.74) is 2.81. The highest BCUT2D eigenvalue weighted by atomic mass is 16.2. The molecule has 1 aromatic carbocycles. The minimum absolute atomic E-state index is 0.146. The van der Waals surface area contributed by atoms with E-state index in [1.165, 1.54) is 10.7 Å². The second-order valence-corrected chi connectivity index (χ2v) is 7.11. The van der Waals surface area contributed by atoms with Crippen molar-refractivity contribution >= 4 is 28.5 Å². The van der Waals surface area contributed by atoms with E-state index in [0.29, 0.717) is 24.4 Å². The van der Waals surface area contributed by atoms with Crippen molar-refractivity contribution in [1.82, 2.24) is 30.0 Å². The molecule has 0 saturated carbocycles. The zero-order chi connectivity index (χ0) is 22.0. The lowest BCUT2D eigenvalue weighted by Gasteiger charge is -2.09. The summed E-state index contributed by atoms with van der Waals surface area (Å²) in [5.74, 6) is -1.23. The molecule has 0 aliphatic carbocycles. The molecule has 31 heavy (non-hydrogen) atoms. The van der Waals surface area contributed by atoms with Gasteiger partial charge in [0.05, 0.1) is 5.69 Å². The van der Waals surface area contributed by atoms with Crippen molar-refractivity contribution in [2.24, 2.45) is 0 Å². The van der Waals surface area contributed by atoms with Crippen LogP contribution in [0, 0.1) is 13.8 Å². The number of fused-ring (bicyclic) bond motifs is 1. The highest BCUT2D eigenvalue weighted by Crippen LogP contribution is 2.17. The lowest BCUT2D eigenvalue weighted by atomic mass is 10.1. The van der Waals surface area contributed by atoms with Crippen LogP contribution in [0.3, 0.4) is 0 Å². The number of anilines is 1. The van der Waals surface area contributed by atoms with Crippen molar-refractivity contribution in [1.29, 1.82) is 0 Å². The van der Waals surface area contributed by atoms with Gasteiger partial charge in [0.25, 0.3) is 5.56 Å². The smallest absolute Gasteiger partial charge is 0.314 e. The first kappa shape index (κ1) is 20.1. The molecule has 3 aromatic heterocycles. The van der Waals surface area contributed by atoms with Crippen LogP contribution in [0.25, 0.3) is 16.9 Å². The molecule has 4 aromatic rings. The maximum absolute atomic E-state index is 12.4. The van der Waals surface area contributed by atoms with Crippen molar-refractivity contribution in [3.05, 3.63) is 69.9 Å². The number of rotatable bonds is 5. The van der Waals surface area contributed by atoms with Crippen LogP contribution in [-0.4, -0.2) is 43.1 Å². The van der Waals surface area contributed by atoms with Crippen LogP contribution in [0.2, 0.25) is 0 Å². The summed E-state index contributed by atoms with van der Waals surface area (Å²) in [7, 11) is 0. The van der Waals surface area contributed by atoms with E-state index >= 15 is 0 Å². The molecule has 0 atom stereocenters. The Morgan fingerprint density at radius 3 is 2.71 bits per heavy atom. The van der Waals surface area contributed by atoms with Gasteiger partial charge in [0, 0.05) is 41.5 Å². The molecule has 0 saturated heterocycles. The largest absolute Gasteiger partial charge is 0.361 e. The predicted octanol–water partition coefficient (Wildman–Crippen LogP) is 1.35. The summed E-state index contributed by atoms with van der Waals surface area (Å²) in [6, 6.07) is 10.8. The first-order valence-corrected chi connectivity index (χ1v) is 9.70. The zero-order valence-electron chi connectivity index (χ0n) is 17.0. The van der Waals surface area contributed by atoms with Gasteiger partial charge in [-0.3, -0.25) is 19.4 Å². The Balaban J connectivity index is 1.41. The normalized spacial score (nSPS) is 10.9. The Hall–Kier alpha value is -4.21. The number of nitrogens with zero attached hydrogens (tertiary/aromatic N) is 3. The zero-order valence-corrected chi connectivity index (χ0v) is 17.0. The first-order valence-electron chi connectivity index (χ1n) is 9.70. The van der Waals surface area contributed by atoms with Crippen LogP contribution in [0.5, 0.6) is 0 Å². The number of nitrogens with one attached hydrogen (secondary N) is 4. The van der Waals surface area contributed by atoms with Gasteiger partial charge in [-0.1, -0.05) is 18.2 Å². The SMILES string of the molecule is Cc1cc(=O)[nH]c(-n2nc(C)cc2NC(=O)C(=O)NCCc2c[nH]c3ccccc23)n1. The van der Waals surface area contributed by atoms with Crippen molar-refractivity contribution in [3.8, 4) is 5.95 Å². The molecule has 0 aliphatic heterocycles. The summed E-state index contributed by atoms with van der Waals surface area (Å²) in [5, 5.41) is 10.5. The molecule has 158 valence electrons. The average Bonchev–Trinajstić information content (AvgIpc) is 3.30. The van der Waals surface area contributed by atoms with E-state index < -0.39 is 11.8 Å². The van der Waals surface area contributed by atoms with E-state index in [1.54, 1.807) is 19.9 Å². The van der Waals surface area contributed by atoms with E-state index in [1.807, 2.05) is 30.5 Å². The highest BCUT2D eigenvalue weighted by molar-refractivity contribution is 6.39. The predicted molar refractivity (Wildman–Crippen MR) is 115 cm³/mol. The number of hydrogen-bond acceptors (Lipinski definition) is 5. The van der Waals surface area contributed by atoms with Gasteiger partial charge in [0.2, 0.25) is 5.95 Å². The Morgan fingerprint density at radius 2 is 1.90 bits per heavy atom. The standard InChI is InChI=1S/C21H21N7O3/c1-12-10-18(29)26-21(24-12)28-17(9-13(2)27-28)25-20(31)19(30)22-8-7-14-11-23-16-6-4-3-5-15(14)16/h3-6,9-11,23H,7-8H2,1-2H3,(H,22,30)(H,25,31)(H,24,26,29). The third kappa shape index (κ3) is 4.37. The number of amides is 2. The van der Waals surface area contributed by atoms with Gasteiger partial charge in [-0.05, 0) is 31.9 Å².